The lowest BCUT2D eigenvalue weighted by atomic mass is 10.1. The zero-order valence-electron chi connectivity index (χ0n) is 10.4. The highest BCUT2D eigenvalue weighted by atomic mass is 16.2. The molecule has 1 aliphatic rings. The Morgan fingerprint density at radius 1 is 1.33 bits per heavy atom. The molecule has 1 aromatic carbocycles. The van der Waals surface area contributed by atoms with E-state index in [0.717, 1.165) is 12.0 Å². The molecule has 0 unspecified atom stereocenters. The molecule has 94 valence electrons. The molecule has 0 saturated heterocycles. The molecule has 0 bridgehead atoms. The van der Waals surface area contributed by atoms with Crippen molar-refractivity contribution < 1.29 is 9.59 Å². The topological polar surface area (TPSA) is 49.4 Å². The maximum atomic E-state index is 12.1. The molecule has 1 N–H and O–H groups in total. The first-order valence-corrected chi connectivity index (χ1v) is 6.02. The Bertz CT molecular complexity index is 473. The van der Waals surface area contributed by atoms with Crippen LogP contribution in [0.3, 0.4) is 0 Å². The predicted molar refractivity (Wildman–Crippen MR) is 69.8 cm³/mol. The number of amides is 2. The Hall–Kier alpha value is -2.10. The van der Waals surface area contributed by atoms with Crippen LogP contribution < -0.4 is 5.32 Å². The molecular formula is C14H16N2O2. The Balaban J connectivity index is 2.11. The van der Waals surface area contributed by atoms with Crippen LogP contribution in [0.15, 0.2) is 30.8 Å². The van der Waals surface area contributed by atoms with Gasteiger partial charge in [0.15, 0.2) is 0 Å². The van der Waals surface area contributed by atoms with Crippen LogP contribution in [0.1, 0.15) is 29.3 Å². The van der Waals surface area contributed by atoms with Gasteiger partial charge in [-0.15, -0.1) is 0 Å². The number of hydrogen-bond donors (Lipinski definition) is 1. The minimum Gasteiger partial charge on any atom is -0.355 e. The summed E-state index contributed by atoms with van der Waals surface area (Å²) in [7, 11) is 0. The van der Waals surface area contributed by atoms with Crippen LogP contribution in [-0.2, 0) is 4.79 Å². The lowest BCUT2D eigenvalue weighted by Crippen LogP contribution is -2.37. The van der Waals surface area contributed by atoms with E-state index in [1.54, 1.807) is 6.07 Å². The van der Waals surface area contributed by atoms with Crippen LogP contribution in [-0.4, -0.2) is 29.8 Å². The number of nitrogens with one attached hydrogen (secondary N) is 1. The van der Waals surface area contributed by atoms with E-state index in [9.17, 15) is 9.59 Å². The summed E-state index contributed by atoms with van der Waals surface area (Å²) in [6.07, 6.45) is 0.876. The minimum absolute atomic E-state index is 0.0341. The van der Waals surface area contributed by atoms with Crippen molar-refractivity contribution in [3.63, 3.8) is 0 Å². The number of rotatable bonds is 4. The standard InChI is InChI=1S/C14H16N2O2/c1-3-8-15-13(17)9-16-10(2)11-6-4-5-7-12(11)14(16)18/h4-7H,2-3,8-9H2,1H3,(H,15,17). The highest BCUT2D eigenvalue weighted by Gasteiger charge is 2.31. The van der Waals surface area contributed by atoms with Gasteiger partial charge in [0.25, 0.3) is 5.91 Å². The first-order valence-electron chi connectivity index (χ1n) is 6.02. The van der Waals surface area contributed by atoms with Gasteiger partial charge < -0.3 is 5.32 Å². The first kappa shape index (κ1) is 12.4. The van der Waals surface area contributed by atoms with Crippen LogP contribution in [0, 0.1) is 0 Å². The molecule has 0 saturated carbocycles. The Kier molecular flexibility index (Phi) is 3.46. The number of carbonyl (C=O) groups excluding carboxylic acids is 2. The largest absolute Gasteiger partial charge is 0.355 e. The van der Waals surface area contributed by atoms with Gasteiger partial charge in [-0.1, -0.05) is 31.7 Å². The molecule has 0 aromatic heterocycles. The molecule has 0 spiro atoms. The van der Waals surface area contributed by atoms with Crippen molar-refractivity contribution in [1.82, 2.24) is 10.2 Å². The molecule has 2 amide bonds. The monoisotopic (exact) mass is 244 g/mol. The smallest absolute Gasteiger partial charge is 0.259 e. The van der Waals surface area contributed by atoms with Gasteiger partial charge in [-0.2, -0.15) is 0 Å². The highest BCUT2D eigenvalue weighted by Crippen LogP contribution is 2.30. The molecule has 4 heteroatoms. The zero-order chi connectivity index (χ0) is 13.1. The lowest BCUT2D eigenvalue weighted by molar-refractivity contribution is -0.121. The Labute approximate surface area is 106 Å². The molecule has 0 fully saturated rings. The average molecular weight is 244 g/mol. The number of fused-ring (bicyclic) bond motifs is 1. The zero-order valence-corrected chi connectivity index (χ0v) is 10.4. The third kappa shape index (κ3) is 2.14. The van der Waals surface area contributed by atoms with E-state index < -0.39 is 0 Å². The van der Waals surface area contributed by atoms with Crippen molar-refractivity contribution in [2.75, 3.05) is 13.1 Å². The maximum Gasteiger partial charge on any atom is 0.259 e. The number of nitrogens with zero attached hydrogens (tertiary/aromatic N) is 1. The summed E-state index contributed by atoms with van der Waals surface area (Å²) in [5.41, 5.74) is 2.03. The van der Waals surface area contributed by atoms with E-state index in [1.165, 1.54) is 4.90 Å². The molecule has 0 aliphatic carbocycles. The van der Waals surface area contributed by atoms with E-state index >= 15 is 0 Å². The van der Waals surface area contributed by atoms with Crippen molar-refractivity contribution in [3.8, 4) is 0 Å². The van der Waals surface area contributed by atoms with E-state index in [2.05, 4.69) is 11.9 Å². The Morgan fingerprint density at radius 2 is 2.00 bits per heavy atom. The Morgan fingerprint density at radius 3 is 2.61 bits per heavy atom. The van der Waals surface area contributed by atoms with Crippen LogP contribution >= 0.6 is 0 Å². The fourth-order valence-corrected chi connectivity index (χ4v) is 1.97. The SMILES string of the molecule is C=C1c2ccccc2C(=O)N1CC(=O)NCCC. The van der Waals surface area contributed by atoms with E-state index in [1.807, 2.05) is 25.1 Å². The van der Waals surface area contributed by atoms with E-state index in [0.29, 0.717) is 17.8 Å². The number of benzene rings is 1. The summed E-state index contributed by atoms with van der Waals surface area (Å²) in [4.78, 5) is 25.2. The summed E-state index contributed by atoms with van der Waals surface area (Å²) < 4.78 is 0. The van der Waals surface area contributed by atoms with E-state index in [-0.39, 0.29) is 18.4 Å². The second-order valence-corrected chi connectivity index (χ2v) is 4.23. The molecule has 2 rings (SSSR count). The van der Waals surface area contributed by atoms with Gasteiger partial charge >= 0.3 is 0 Å². The molecule has 0 atom stereocenters. The molecule has 1 heterocycles. The lowest BCUT2D eigenvalue weighted by Gasteiger charge is -2.16. The van der Waals surface area contributed by atoms with Gasteiger partial charge in [0.1, 0.15) is 6.54 Å². The second kappa shape index (κ2) is 5.04. The van der Waals surface area contributed by atoms with Gasteiger partial charge in [0.2, 0.25) is 5.91 Å². The van der Waals surface area contributed by atoms with Gasteiger partial charge in [-0.05, 0) is 12.5 Å². The van der Waals surface area contributed by atoms with Crippen LogP contribution in [0.4, 0.5) is 0 Å². The highest BCUT2D eigenvalue weighted by molar-refractivity contribution is 6.10. The molecule has 1 aliphatic heterocycles. The molecular weight excluding hydrogens is 228 g/mol. The summed E-state index contributed by atoms with van der Waals surface area (Å²) in [6, 6.07) is 7.27. The summed E-state index contributed by atoms with van der Waals surface area (Å²) in [5, 5.41) is 2.75. The van der Waals surface area contributed by atoms with Gasteiger partial charge in [0.05, 0.1) is 0 Å². The average Bonchev–Trinajstić information content (AvgIpc) is 2.62. The molecule has 4 nitrogen and oxygen atoms in total. The van der Waals surface area contributed by atoms with Crippen LogP contribution in [0.25, 0.3) is 5.70 Å². The summed E-state index contributed by atoms with van der Waals surface area (Å²) in [6.45, 7) is 6.53. The fourth-order valence-electron chi connectivity index (χ4n) is 1.97. The second-order valence-electron chi connectivity index (χ2n) is 4.23. The third-order valence-electron chi connectivity index (χ3n) is 2.91. The van der Waals surface area contributed by atoms with Crippen molar-refractivity contribution in [2.24, 2.45) is 0 Å². The summed E-state index contributed by atoms with van der Waals surface area (Å²) in [5.74, 6) is -0.304. The van der Waals surface area contributed by atoms with Crippen molar-refractivity contribution in [3.05, 3.63) is 42.0 Å². The van der Waals surface area contributed by atoms with Gasteiger partial charge in [0, 0.05) is 23.4 Å². The van der Waals surface area contributed by atoms with Crippen LogP contribution in [0.5, 0.6) is 0 Å². The minimum atomic E-state index is -0.154. The van der Waals surface area contributed by atoms with Crippen molar-refractivity contribution in [2.45, 2.75) is 13.3 Å². The third-order valence-corrected chi connectivity index (χ3v) is 2.91. The van der Waals surface area contributed by atoms with Crippen molar-refractivity contribution in [1.29, 1.82) is 0 Å². The van der Waals surface area contributed by atoms with Crippen molar-refractivity contribution >= 4 is 17.5 Å². The molecule has 0 radical (unpaired) electrons. The molecule has 1 aromatic rings. The van der Waals surface area contributed by atoms with Gasteiger partial charge in [-0.3, -0.25) is 14.5 Å². The fraction of sp³-hybridized carbons (Fsp3) is 0.286. The molecule has 18 heavy (non-hydrogen) atoms. The number of carbonyl (C=O) groups is 2. The maximum absolute atomic E-state index is 12.1. The van der Waals surface area contributed by atoms with Gasteiger partial charge in [-0.25, -0.2) is 0 Å². The van der Waals surface area contributed by atoms with Crippen LogP contribution in [0.2, 0.25) is 0 Å². The quantitative estimate of drug-likeness (QED) is 0.875. The first-order chi connectivity index (χ1) is 8.65. The number of hydrogen-bond acceptors (Lipinski definition) is 2. The normalized spacial score (nSPS) is 13.7. The van der Waals surface area contributed by atoms with E-state index in [4.69, 9.17) is 0 Å². The summed E-state index contributed by atoms with van der Waals surface area (Å²) >= 11 is 0. The predicted octanol–water partition coefficient (Wildman–Crippen LogP) is 1.64.